The van der Waals surface area contributed by atoms with Crippen LogP contribution >= 0.6 is 11.6 Å². The summed E-state index contributed by atoms with van der Waals surface area (Å²) in [6, 6.07) is 8.20. The first-order valence-electron chi connectivity index (χ1n) is 10.1. The van der Waals surface area contributed by atoms with Crippen LogP contribution in [0.5, 0.6) is 0 Å². The van der Waals surface area contributed by atoms with Gasteiger partial charge in [0.15, 0.2) is 5.82 Å². The number of halogens is 1. The van der Waals surface area contributed by atoms with Crippen LogP contribution in [0.1, 0.15) is 73.1 Å². The summed E-state index contributed by atoms with van der Waals surface area (Å²) < 4.78 is 7.66. The summed E-state index contributed by atoms with van der Waals surface area (Å²) in [7, 11) is 0. The second-order valence-corrected chi connectivity index (χ2v) is 8.24. The van der Waals surface area contributed by atoms with Gasteiger partial charge in [-0.05, 0) is 49.4 Å². The van der Waals surface area contributed by atoms with E-state index in [1.165, 1.54) is 5.56 Å². The first-order valence-corrected chi connectivity index (χ1v) is 10.5. The molecule has 1 saturated carbocycles. The molecule has 146 valence electrons. The van der Waals surface area contributed by atoms with Crippen molar-refractivity contribution < 1.29 is 4.52 Å². The summed E-state index contributed by atoms with van der Waals surface area (Å²) in [4.78, 5) is 0. The fourth-order valence-electron chi connectivity index (χ4n) is 4.53. The molecule has 1 aliphatic heterocycles. The van der Waals surface area contributed by atoms with Gasteiger partial charge in [0.05, 0.1) is 17.9 Å². The summed E-state index contributed by atoms with van der Waals surface area (Å²) in [6.45, 7) is 3.60. The van der Waals surface area contributed by atoms with E-state index in [0.29, 0.717) is 18.4 Å². The number of nitrogens with one attached hydrogen (secondary N) is 1. The standard InChI is InChI=1S/C21H24ClN5O/c1-2-17-10-18(26-28-17)13-3-5-14(6-4-13)21-25-24-20-12-23-11-15-9-16(22)7-8-19(15)27(20)21/h7-10,13-14,23H,2-6,11-12H2,1H3/t13-,14+. The summed E-state index contributed by atoms with van der Waals surface area (Å²) >= 11 is 6.22. The highest BCUT2D eigenvalue weighted by Crippen LogP contribution is 2.41. The van der Waals surface area contributed by atoms with Crippen molar-refractivity contribution in [1.29, 1.82) is 0 Å². The molecule has 0 atom stereocenters. The topological polar surface area (TPSA) is 68.8 Å². The van der Waals surface area contributed by atoms with E-state index in [4.69, 9.17) is 16.1 Å². The van der Waals surface area contributed by atoms with Crippen molar-refractivity contribution in [3.8, 4) is 5.69 Å². The van der Waals surface area contributed by atoms with Crippen molar-refractivity contribution in [3.63, 3.8) is 0 Å². The third-order valence-electron chi connectivity index (χ3n) is 6.07. The molecule has 1 aliphatic carbocycles. The van der Waals surface area contributed by atoms with Crippen LogP contribution in [0.4, 0.5) is 0 Å². The number of rotatable bonds is 3. The predicted molar refractivity (Wildman–Crippen MR) is 107 cm³/mol. The highest BCUT2D eigenvalue weighted by Gasteiger charge is 2.30. The number of hydrogen-bond donors (Lipinski definition) is 1. The maximum absolute atomic E-state index is 6.22. The largest absolute Gasteiger partial charge is 0.361 e. The van der Waals surface area contributed by atoms with Crippen molar-refractivity contribution >= 4 is 11.6 Å². The Hall–Kier alpha value is -2.18. The van der Waals surface area contributed by atoms with Gasteiger partial charge in [-0.15, -0.1) is 10.2 Å². The van der Waals surface area contributed by atoms with Crippen LogP contribution in [0, 0.1) is 0 Å². The third kappa shape index (κ3) is 3.14. The molecule has 7 heteroatoms. The molecule has 0 radical (unpaired) electrons. The fourth-order valence-corrected chi connectivity index (χ4v) is 4.72. The molecule has 3 heterocycles. The van der Waals surface area contributed by atoms with Crippen molar-refractivity contribution in [2.45, 2.75) is 64.0 Å². The van der Waals surface area contributed by atoms with E-state index in [0.717, 1.165) is 72.5 Å². The lowest BCUT2D eigenvalue weighted by Gasteiger charge is -2.27. The molecular weight excluding hydrogens is 374 g/mol. The van der Waals surface area contributed by atoms with Crippen molar-refractivity contribution in [1.82, 2.24) is 25.2 Å². The number of benzene rings is 1. The van der Waals surface area contributed by atoms with Gasteiger partial charge in [-0.2, -0.15) is 0 Å². The average Bonchev–Trinajstić information content (AvgIpc) is 3.32. The lowest BCUT2D eigenvalue weighted by molar-refractivity contribution is 0.344. The molecular formula is C21H24ClN5O. The van der Waals surface area contributed by atoms with Gasteiger partial charge < -0.3 is 9.84 Å². The van der Waals surface area contributed by atoms with Crippen LogP contribution in [0.3, 0.4) is 0 Å². The molecule has 0 amide bonds. The predicted octanol–water partition coefficient (Wildman–Crippen LogP) is 4.52. The minimum atomic E-state index is 0.414. The summed E-state index contributed by atoms with van der Waals surface area (Å²) in [5.41, 5.74) is 3.45. The van der Waals surface area contributed by atoms with Crippen LogP contribution in [-0.2, 0) is 19.5 Å². The molecule has 1 fully saturated rings. The Bertz CT molecular complexity index is 987. The van der Waals surface area contributed by atoms with Gasteiger partial charge in [-0.1, -0.05) is 23.7 Å². The van der Waals surface area contributed by atoms with Gasteiger partial charge in [0.25, 0.3) is 0 Å². The van der Waals surface area contributed by atoms with E-state index in [-0.39, 0.29) is 0 Å². The zero-order valence-corrected chi connectivity index (χ0v) is 16.7. The molecule has 2 aromatic heterocycles. The number of aryl methyl sites for hydroxylation is 1. The fraction of sp³-hybridized carbons (Fsp3) is 0.476. The van der Waals surface area contributed by atoms with Crippen LogP contribution in [0.2, 0.25) is 5.02 Å². The minimum Gasteiger partial charge on any atom is -0.361 e. The maximum Gasteiger partial charge on any atom is 0.151 e. The second kappa shape index (κ2) is 7.33. The Balaban J connectivity index is 1.41. The summed E-state index contributed by atoms with van der Waals surface area (Å²) in [5, 5.41) is 17.6. The monoisotopic (exact) mass is 397 g/mol. The van der Waals surface area contributed by atoms with Crippen LogP contribution in [0.25, 0.3) is 5.69 Å². The molecule has 0 saturated heterocycles. The molecule has 5 rings (SSSR count). The summed E-state index contributed by atoms with van der Waals surface area (Å²) in [6.07, 6.45) is 5.29. The van der Waals surface area contributed by atoms with Crippen molar-refractivity contribution in [3.05, 3.63) is 58.0 Å². The van der Waals surface area contributed by atoms with Crippen molar-refractivity contribution in [2.24, 2.45) is 0 Å². The molecule has 28 heavy (non-hydrogen) atoms. The number of hydrogen-bond acceptors (Lipinski definition) is 5. The van der Waals surface area contributed by atoms with E-state index in [2.05, 4.69) is 44.3 Å². The van der Waals surface area contributed by atoms with Gasteiger partial charge in [-0.25, -0.2) is 0 Å². The highest BCUT2D eigenvalue weighted by atomic mass is 35.5. The Morgan fingerprint density at radius 3 is 2.71 bits per heavy atom. The van der Waals surface area contributed by atoms with Gasteiger partial charge in [0.2, 0.25) is 0 Å². The quantitative estimate of drug-likeness (QED) is 0.703. The number of aromatic nitrogens is 4. The second-order valence-electron chi connectivity index (χ2n) is 7.81. The van der Waals surface area contributed by atoms with Gasteiger partial charge >= 0.3 is 0 Å². The molecule has 3 aromatic rings. The minimum absolute atomic E-state index is 0.414. The average molecular weight is 398 g/mol. The molecule has 0 bridgehead atoms. The summed E-state index contributed by atoms with van der Waals surface area (Å²) in [5.74, 6) is 3.93. The normalized spacial score (nSPS) is 21.8. The lowest BCUT2D eigenvalue weighted by atomic mass is 9.80. The Morgan fingerprint density at radius 1 is 1.11 bits per heavy atom. The molecule has 1 aromatic carbocycles. The smallest absolute Gasteiger partial charge is 0.151 e. The Labute approximate surface area is 169 Å². The maximum atomic E-state index is 6.22. The third-order valence-corrected chi connectivity index (χ3v) is 6.31. The van der Waals surface area contributed by atoms with E-state index in [1.54, 1.807) is 0 Å². The van der Waals surface area contributed by atoms with E-state index in [9.17, 15) is 0 Å². The molecule has 0 unspecified atom stereocenters. The number of nitrogens with zero attached hydrogens (tertiary/aromatic N) is 4. The lowest BCUT2D eigenvalue weighted by Crippen LogP contribution is -2.17. The highest BCUT2D eigenvalue weighted by molar-refractivity contribution is 6.30. The van der Waals surface area contributed by atoms with E-state index < -0.39 is 0 Å². The first-order chi connectivity index (χ1) is 13.7. The van der Waals surface area contributed by atoms with Crippen LogP contribution in [-0.4, -0.2) is 19.9 Å². The molecule has 0 spiro atoms. The zero-order valence-electron chi connectivity index (χ0n) is 16.0. The van der Waals surface area contributed by atoms with Crippen LogP contribution in [0.15, 0.2) is 28.8 Å². The Morgan fingerprint density at radius 2 is 1.93 bits per heavy atom. The first kappa shape index (κ1) is 17.9. The molecule has 6 nitrogen and oxygen atoms in total. The van der Waals surface area contributed by atoms with Gasteiger partial charge in [0.1, 0.15) is 11.6 Å². The number of fused-ring (bicyclic) bond motifs is 3. The Kier molecular flexibility index (Phi) is 4.69. The van der Waals surface area contributed by atoms with Crippen LogP contribution < -0.4 is 5.32 Å². The van der Waals surface area contributed by atoms with E-state index >= 15 is 0 Å². The van der Waals surface area contributed by atoms with E-state index in [1.807, 2.05) is 12.1 Å². The van der Waals surface area contributed by atoms with Gasteiger partial charge in [-0.3, -0.25) is 4.57 Å². The zero-order chi connectivity index (χ0) is 19.1. The molecule has 1 N–H and O–H groups in total. The van der Waals surface area contributed by atoms with Gasteiger partial charge in [0, 0.05) is 35.9 Å². The SMILES string of the molecule is CCc1cc([C@H]2CC[C@@H](c3nnc4n3-c3ccc(Cl)cc3CNC4)CC2)no1. The van der Waals surface area contributed by atoms with Crippen molar-refractivity contribution in [2.75, 3.05) is 0 Å². The molecule has 2 aliphatic rings.